The fourth-order valence-electron chi connectivity index (χ4n) is 3.14. The van der Waals surface area contributed by atoms with Crippen molar-refractivity contribution in [3.8, 4) is 0 Å². The average molecular weight is 344 g/mol. The zero-order valence-electron chi connectivity index (χ0n) is 13.5. The number of nitrogens with two attached hydrogens (primary N) is 1. The summed E-state index contributed by atoms with van der Waals surface area (Å²) in [6.45, 7) is 2.19. The molecule has 7 heteroatoms. The van der Waals surface area contributed by atoms with Crippen LogP contribution in [0.15, 0.2) is 30.3 Å². The minimum atomic E-state index is -0.676. The number of esters is 1. The van der Waals surface area contributed by atoms with Gasteiger partial charge in [-0.05, 0) is 25.3 Å². The minimum Gasteiger partial charge on any atom is -0.465 e. The quantitative estimate of drug-likeness (QED) is 0.449. The number of anilines is 1. The Bertz CT molecular complexity index is 759. The Balaban J connectivity index is 1.98. The van der Waals surface area contributed by atoms with Crippen molar-refractivity contribution in [2.45, 2.75) is 31.6 Å². The van der Waals surface area contributed by atoms with Crippen molar-refractivity contribution in [2.24, 2.45) is 5.73 Å². The molecule has 0 amide bonds. The molecule has 1 aliphatic rings. The lowest BCUT2D eigenvalue weighted by molar-refractivity contribution is -0.150. The van der Waals surface area contributed by atoms with Crippen LogP contribution >= 0.6 is 11.3 Å². The molecule has 0 saturated heterocycles. The Hall–Kier alpha value is -2.41. The van der Waals surface area contributed by atoms with Gasteiger partial charge in [0, 0.05) is 11.3 Å². The fraction of sp³-hybridized carbons (Fsp3) is 0.353. The molecule has 0 unspecified atom stereocenters. The lowest BCUT2D eigenvalue weighted by Crippen LogP contribution is -2.42. The summed E-state index contributed by atoms with van der Waals surface area (Å²) in [7, 11) is 0. The van der Waals surface area contributed by atoms with Crippen LogP contribution in [-0.4, -0.2) is 23.5 Å². The van der Waals surface area contributed by atoms with E-state index in [1.54, 1.807) is 0 Å². The number of hydrogen-bond donors (Lipinski definition) is 3. The Kier molecular flexibility index (Phi) is 4.53. The molecule has 0 aliphatic heterocycles. The fourth-order valence-corrected chi connectivity index (χ4v) is 4.28. The molecule has 2 aromatic rings. The van der Waals surface area contributed by atoms with Gasteiger partial charge in [-0.2, -0.15) is 0 Å². The van der Waals surface area contributed by atoms with Crippen LogP contribution in [0.3, 0.4) is 0 Å². The Morgan fingerprint density at radius 3 is 2.88 bits per heavy atom. The van der Waals surface area contributed by atoms with Gasteiger partial charge in [-0.15, -0.1) is 11.3 Å². The third-order valence-electron chi connectivity index (χ3n) is 4.26. The second-order valence-electron chi connectivity index (χ2n) is 5.77. The smallest absolute Gasteiger partial charge is 0.316 e. The van der Waals surface area contributed by atoms with Crippen LogP contribution in [0, 0.1) is 5.41 Å². The van der Waals surface area contributed by atoms with Gasteiger partial charge in [0.1, 0.15) is 0 Å². The van der Waals surface area contributed by atoms with Gasteiger partial charge in [0.25, 0.3) is 0 Å². The van der Waals surface area contributed by atoms with E-state index in [-0.39, 0.29) is 11.9 Å². The summed E-state index contributed by atoms with van der Waals surface area (Å²) >= 11 is 1.45. The number of aryl methyl sites for hydroxylation is 1. The third kappa shape index (κ3) is 2.99. The lowest BCUT2D eigenvalue weighted by atomic mass is 9.70. The molecule has 1 aliphatic carbocycles. The molecule has 1 heterocycles. The van der Waals surface area contributed by atoms with Gasteiger partial charge in [0.15, 0.2) is 11.1 Å². The Morgan fingerprint density at radius 1 is 1.46 bits per heavy atom. The zero-order valence-corrected chi connectivity index (χ0v) is 14.3. The monoisotopic (exact) mass is 344 g/mol. The van der Waals surface area contributed by atoms with Gasteiger partial charge in [0.05, 0.1) is 17.7 Å². The molecule has 24 heavy (non-hydrogen) atoms. The van der Waals surface area contributed by atoms with E-state index in [4.69, 9.17) is 15.9 Å². The molecule has 0 spiro atoms. The van der Waals surface area contributed by atoms with Crippen LogP contribution in [0.5, 0.6) is 0 Å². The molecule has 1 aromatic carbocycles. The Morgan fingerprint density at radius 2 is 2.21 bits per heavy atom. The number of nitrogens with zero attached hydrogens (tertiary/aromatic N) is 1. The second-order valence-corrected chi connectivity index (χ2v) is 6.86. The first kappa shape index (κ1) is 16.4. The number of guanidine groups is 1. The standard InChI is InChI=1S/C17H20N4O2S/c1-2-23-14(22)17(11-6-4-3-5-7-11)9-8-12-13(10-17)24-16(20-12)21-15(18)19/h3-7H,2,8-10H2,1H3,(H4,18,19,20,21)/t17-/m0/s1. The number of carbonyl (C=O) groups is 1. The van der Waals surface area contributed by atoms with Crippen LogP contribution < -0.4 is 11.1 Å². The van der Waals surface area contributed by atoms with E-state index in [0.29, 0.717) is 31.0 Å². The van der Waals surface area contributed by atoms with E-state index in [0.717, 1.165) is 16.1 Å². The van der Waals surface area contributed by atoms with Crippen molar-refractivity contribution in [2.75, 3.05) is 11.9 Å². The van der Waals surface area contributed by atoms with Crippen molar-refractivity contribution in [1.29, 1.82) is 5.41 Å². The number of fused-ring (bicyclic) bond motifs is 1. The van der Waals surface area contributed by atoms with Gasteiger partial charge in [-0.1, -0.05) is 30.3 Å². The molecule has 126 valence electrons. The minimum absolute atomic E-state index is 0.138. The molecule has 0 bridgehead atoms. The van der Waals surface area contributed by atoms with Crippen LogP contribution in [0.25, 0.3) is 0 Å². The predicted molar refractivity (Wildman–Crippen MR) is 94.4 cm³/mol. The van der Waals surface area contributed by atoms with Crippen LogP contribution in [0.4, 0.5) is 5.13 Å². The number of benzene rings is 1. The molecule has 1 aromatic heterocycles. The zero-order chi connectivity index (χ0) is 17.2. The molecule has 0 fully saturated rings. The number of nitrogens with one attached hydrogen (secondary N) is 2. The van der Waals surface area contributed by atoms with Gasteiger partial charge in [-0.3, -0.25) is 10.2 Å². The first-order valence-electron chi connectivity index (χ1n) is 7.87. The van der Waals surface area contributed by atoms with Gasteiger partial charge >= 0.3 is 5.97 Å². The highest BCUT2D eigenvalue weighted by Crippen LogP contribution is 2.42. The first-order valence-corrected chi connectivity index (χ1v) is 8.69. The van der Waals surface area contributed by atoms with Gasteiger partial charge in [-0.25, -0.2) is 4.98 Å². The molecule has 3 rings (SSSR count). The maximum absolute atomic E-state index is 12.8. The van der Waals surface area contributed by atoms with Gasteiger partial charge in [0.2, 0.25) is 0 Å². The molecular formula is C17H20N4O2S. The van der Waals surface area contributed by atoms with Crippen molar-refractivity contribution in [3.63, 3.8) is 0 Å². The van der Waals surface area contributed by atoms with Crippen molar-refractivity contribution < 1.29 is 9.53 Å². The summed E-state index contributed by atoms with van der Waals surface area (Å²) < 4.78 is 5.40. The second kappa shape index (κ2) is 6.60. The topological polar surface area (TPSA) is 101 Å². The van der Waals surface area contributed by atoms with Crippen LogP contribution in [0.1, 0.15) is 29.5 Å². The highest BCUT2D eigenvalue weighted by molar-refractivity contribution is 7.15. The van der Waals surface area contributed by atoms with Crippen molar-refractivity contribution in [1.82, 2.24) is 4.98 Å². The third-order valence-corrected chi connectivity index (χ3v) is 5.28. The van der Waals surface area contributed by atoms with Crippen molar-refractivity contribution in [3.05, 3.63) is 46.5 Å². The van der Waals surface area contributed by atoms with E-state index in [2.05, 4.69) is 10.3 Å². The summed E-state index contributed by atoms with van der Waals surface area (Å²) in [5, 5.41) is 10.7. The van der Waals surface area contributed by atoms with E-state index < -0.39 is 5.41 Å². The highest BCUT2D eigenvalue weighted by atomic mass is 32.1. The molecule has 6 nitrogen and oxygen atoms in total. The molecule has 0 saturated carbocycles. The highest BCUT2D eigenvalue weighted by Gasteiger charge is 2.45. The number of rotatable bonds is 4. The summed E-state index contributed by atoms with van der Waals surface area (Å²) in [5.41, 5.74) is 6.65. The number of ether oxygens (including phenoxy) is 1. The molecular weight excluding hydrogens is 324 g/mol. The summed E-state index contributed by atoms with van der Waals surface area (Å²) in [4.78, 5) is 18.3. The normalized spacial score (nSPS) is 19.4. The van der Waals surface area contributed by atoms with E-state index in [1.165, 1.54) is 11.3 Å². The first-order chi connectivity index (χ1) is 11.5. The number of hydrogen-bond acceptors (Lipinski definition) is 5. The SMILES string of the molecule is CCOC(=O)[C@@]1(c2ccccc2)CCc2nc(NC(=N)N)sc2C1. The van der Waals surface area contributed by atoms with E-state index >= 15 is 0 Å². The largest absolute Gasteiger partial charge is 0.465 e. The number of thiazole rings is 1. The number of aromatic nitrogens is 1. The maximum atomic E-state index is 12.8. The summed E-state index contributed by atoms with van der Waals surface area (Å²) in [6.07, 6.45) is 1.91. The van der Waals surface area contributed by atoms with Crippen LogP contribution in [-0.2, 0) is 27.8 Å². The van der Waals surface area contributed by atoms with Gasteiger partial charge < -0.3 is 15.8 Å². The predicted octanol–water partition coefficient (Wildman–Crippen LogP) is 2.44. The Labute approximate surface area is 144 Å². The average Bonchev–Trinajstić information content (AvgIpc) is 2.95. The number of carbonyl (C=O) groups excluding carboxylic acids is 1. The van der Waals surface area contributed by atoms with E-state index in [9.17, 15) is 4.79 Å². The molecule has 4 N–H and O–H groups in total. The van der Waals surface area contributed by atoms with Crippen molar-refractivity contribution >= 4 is 28.4 Å². The maximum Gasteiger partial charge on any atom is 0.316 e. The molecule has 1 atom stereocenters. The lowest BCUT2D eigenvalue weighted by Gasteiger charge is -2.34. The van der Waals surface area contributed by atoms with E-state index in [1.807, 2.05) is 37.3 Å². The molecule has 0 radical (unpaired) electrons. The summed E-state index contributed by atoms with van der Waals surface area (Å²) in [6, 6.07) is 9.80. The summed E-state index contributed by atoms with van der Waals surface area (Å²) in [5.74, 6) is -0.322. The van der Waals surface area contributed by atoms with Crippen LogP contribution in [0.2, 0.25) is 0 Å².